The van der Waals surface area contributed by atoms with E-state index in [1.165, 1.54) is 0 Å². The SMILES string of the molecule is C=C(CN)N(Cc1ccncc1)c1cc(OC)ccc1C. The molecule has 1 aromatic heterocycles. The second kappa shape index (κ2) is 6.90. The molecule has 2 aromatic rings. The number of aryl methyl sites for hydroxylation is 1. The van der Waals surface area contributed by atoms with Gasteiger partial charge >= 0.3 is 0 Å². The van der Waals surface area contributed by atoms with E-state index in [9.17, 15) is 0 Å². The van der Waals surface area contributed by atoms with Crippen LogP contribution in [0.1, 0.15) is 11.1 Å². The van der Waals surface area contributed by atoms with Gasteiger partial charge in [-0.1, -0.05) is 12.6 Å². The molecule has 0 spiro atoms. The highest BCUT2D eigenvalue weighted by molar-refractivity contribution is 5.60. The van der Waals surface area contributed by atoms with Crippen molar-refractivity contribution < 1.29 is 4.74 Å². The fourth-order valence-corrected chi connectivity index (χ4v) is 2.16. The van der Waals surface area contributed by atoms with Crippen LogP contribution in [0.4, 0.5) is 5.69 Å². The van der Waals surface area contributed by atoms with E-state index in [0.717, 1.165) is 28.3 Å². The van der Waals surface area contributed by atoms with Crippen molar-refractivity contribution in [2.45, 2.75) is 13.5 Å². The quantitative estimate of drug-likeness (QED) is 0.885. The van der Waals surface area contributed by atoms with Crippen molar-refractivity contribution >= 4 is 5.69 Å². The van der Waals surface area contributed by atoms with Crippen LogP contribution in [0, 0.1) is 6.92 Å². The maximum atomic E-state index is 5.80. The third-order valence-corrected chi connectivity index (χ3v) is 3.41. The molecule has 0 aliphatic rings. The number of aromatic nitrogens is 1. The van der Waals surface area contributed by atoms with E-state index < -0.39 is 0 Å². The molecule has 0 saturated heterocycles. The minimum absolute atomic E-state index is 0.404. The lowest BCUT2D eigenvalue weighted by molar-refractivity contribution is 0.414. The van der Waals surface area contributed by atoms with Crippen LogP contribution in [0.3, 0.4) is 0 Å². The first-order valence-electron chi connectivity index (χ1n) is 6.84. The fourth-order valence-electron chi connectivity index (χ4n) is 2.16. The number of pyridine rings is 1. The molecule has 1 heterocycles. The summed E-state index contributed by atoms with van der Waals surface area (Å²) in [5.74, 6) is 0.820. The number of anilines is 1. The van der Waals surface area contributed by atoms with E-state index in [0.29, 0.717) is 13.1 Å². The minimum atomic E-state index is 0.404. The predicted octanol–water partition coefficient (Wildman–Crippen LogP) is 2.88. The first-order chi connectivity index (χ1) is 10.2. The maximum Gasteiger partial charge on any atom is 0.120 e. The van der Waals surface area contributed by atoms with E-state index in [1.54, 1.807) is 19.5 Å². The van der Waals surface area contributed by atoms with Gasteiger partial charge in [0.15, 0.2) is 0 Å². The van der Waals surface area contributed by atoms with Crippen LogP contribution in [0.15, 0.2) is 55.0 Å². The molecule has 0 bridgehead atoms. The van der Waals surface area contributed by atoms with Gasteiger partial charge in [-0.2, -0.15) is 0 Å². The molecule has 0 aliphatic heterocycles. The largest absolute Gasteiger partial charge is 0.497 e. The Hall–Kier alpha value is -2.33. The van der Waals surface area contributed by atoms with Gasteiger partial charge in [0.25, 0.3) is 0 Å². The van der Waals surface area contributed by atoms with Gasteiger partial charge in [-0.15, -0.1) is 0 Å². The van der Waals surface area contributed by atoms with Crippen molar-refractivity contribution in [3.63, 3.8) is 0 Å². The van der Waals surface area contributed by atoms with Gasteiger partial charge < -0.3 is 15.4 Å². The van der Waals surface area contributed by atoms with E-state index in [2.05, 4.69) is 23.4 Å². The normalized spacial score (nSPS) is 10.2. The molecular weight excluding hydrogens is 262 g/mol. The van der Waals surface area contributed by atoms with Crippen LogP contribution in [-0.2, 0) is 6.54 Å². The van der Waals surface area contributed by atoms with Gasteiger partial charge in [0, 0.05) is 42.9 Å². The second-order valence-electron chi connectivity index (χ2n) is 4.86. The van der Waals surface area contributed by atoms with Gasteiger partial charge in [0.1, 0.15) is 5.75 Å². The molecule has 110 valence electrons. The molecule has 0 unspecified atom stereocenters. The van der Waals surface area contributed by atoms with E-state index in [-0.39, 0.29) is 0 Å². The Morgan fingerprint density at radius 1 is 1.29 bits per heavy atom. The molecule has 0 aliphatic carbocycles. The highest BCUT2D eigenvalue weighted by atomic mass is 16.5. The van der Waals surface area contributed by atoms with Crippen LogP contribution in [0.2, 0.25) is 0 Å². The molecule has 0 radical (unpaired) electrons. The summed E-state index contributed by atoms with van der Waals surface area (Å²) in [6.07, 6.45) is 3.58. The number of nitrogens with two attached hydrogens (primary N) is 1. The molecule has 21 heavy (non-hydrogen) atoms. The van der Waals surface area contributed by atoms with Crippen molar-refractivity contribution in [3.05, 3.63) is 66.1 Å². The molecule has 0 atom stereocenters. The summed E-state index contributed by atoms with van der Waals surface area (Å²) in [6, 6.07) is 9.99. The van der Waals surface area contributed by atoms with Crippen molar-refractivity contribution in [2.75, 3.05) is 18.6 Å². The van der Waals surface area contributed by atoms with Gasteiger partial charge in [-0.05, 0) is 36.2 Å². The average molecular weight is 283 g/mol. The molecule has 0 saturated carbocycles. The molecular formula is C17H21N3O. The predicted molar refractivity (Wildman–Crippen MR) is 86.3 cm³/mol. The fraction of sp³-hybridized carbons (Fsp3) is 0.235. The number of nitrogens with zero attached hydrogens (tertiary/aromatic N) is 2. The van der Waals surface area contributed by atoms with Crippen molar-refractivity contribution in [1.82, 2.24) is 4.98 Å². The van der Waals surface area contributed by atoms with E-state index in [4.69, 9.17) is 10.5 Å². The average Bonchev–Trinajstić information content (AvgIpc) is 2.53. The number of benzene rings is 1. The third kappa shape index (κ3) is 3.61. The van der Waals surface area contributed by atoms with E-state index >= 15 is 0 Å². The number of rotatable bonds is 6. The Labute approximate surface area is 125 Å². The highest BCUT2D eigenvalue weighted by Gasteiger charge is 2.13. The zero-order valence-electron chi connectivity index (χ0n) is 12.5. The van der Waals surface area contributed by atoms with Crippen LogP contribution < -0.4 is 15.4 Å². The summed E-state index contributed by atoms with van der Waals surface area (Å²) >= 11 is 0. The monoisotopic (exact) mass is 283 g/mol. The summed E-state index contributed by atoms with van der Waals surface area (Å²) < 4.78 is 5.33. The van der Waals surface area contributed by atoms with E-state index in [1.807, 2.05) is 30.3 Å². The van der Waals surface area contributed by atoms with Crippen LogP contribution in [0.5, 0.6) is 5.75 Å². The molecule has 0 amide bonds. The molecule has 2 rings (SSSR count). The Morgan fingerprint density at radius 3 is 2.62 bits per heavy atom. The van der Waals surface area contributed by atoms with Crippen molar-refractivity contribution in [1.29, 1.82) is 0 Å². The number of methoxy groups -OCH3 is 1. The minimum Gasteiger partial charge on any atom is -0.497 e. The van der Waals surface area contributed by atoms with Gasteiger partial charge in [-0.3, -0.25) is 4.98 Å². The number of hydrogen-bond donors (Lipinski definition) is 1. The van der Waals surface area contributed by atoms with Gasteiger partial charge in [0.2, 0.25) is 0 Å². The summed E-state index contributed by atoms with van der Waals surface area (Å²) in [4.78, 5) is 6.17. The Kier molecular flexibility index (Phi) is 4.95. The lowest BCUT2D eigenvalue weighted by atomic mass is 10.1. The Balaban J connectivity index is 2.38. The number of hydrogen-bond acceptors (Lipinski definition) is 4. The molecule has 1 aromatic carbocycles. The first-order valence-corrected chi connectivity index (χ1v) is 6.84. The third-order valence-electron chi connectivity index (χ3n) is 3.41. The summed E-state index contributed by atoms with van der Waals surface area (Å²) in [5, 5.41) is 0. The Bertz CT molecular complexity index is 611. The van der Waals surface area contributed by atoms with Crippen molar-refractivity contribution in [3.8, 4) is 5.75 Å². The highest BCUT2D eigenvalue weighted by Crippen LogP contribution is 2.29. The lowest BCUT2D eigenvalue weighted by Crippen LogP contribution is -2.26. The smallest absolute Gasteiger partial charge is 0.120 e. The molecule has 0 fully saturated rings. The summed E-state index contributed by atoms with van der Waals surface area (Å²) in [5.41, 5.74) is 10.0. The van der Waals surface area contributed by atoms with Gasteiger partial charge in [0.05, 0.1) is 7.11 Å². The summed E-state index contributed by atoms with van der Waals surface area (Å²) in [6.45, 7) is 7.26. The first kappa shape index (κ1) is 15.1. The van der Waals surface area contributed by atoms with Crippen molar-refractivity contribution in [2.24, 2.45) is 5.73 Å². The van der Waals surface area contributed by atoms with Gasteiger partial charge in [-0.25, -0.2) is 0 Å². The summed E-state index contributed by atoms with van der Waals surface area (Å²) in [7, 11) is 1.67. The maximum absolute atomic E-state index is 5.80. The molecule has 2 N–H and O–H groups in total. The van der Waals surface area contributed by atoms with Crippen LogP contribution in [-0.4, -0.2) is 18.6 Å². The number of ether oxygens (including phenoxy) is 1. The molecule has 4 nitrogen and oxygen atoms in total. The second-order valence-corrected chi connectivity index (χ2v) is 4.86. The Morgan fingerprint density at radius 2 is 2.00 bits per heavy atom. The lowest BCUT2D eigenvalue weighted by Gasteiger charge is -2.28. The standard InChI is InChI=1S/C17H21N3O/c1-13-4-5-16(21-3)10-17(13)20(14(2)11-18)12-15-6-8-19-9-7-15/h4-10H,2,11-12,18H2,1,3H3. The topological polar surface area (TPSA) is 51.4 Å². The zero-order valence-corrected chi connectivity index (χ0v) is 12.5. The molecule has 4 heteroatoms. The zero-order chi connectivity index (χ0) is 15.2. The van der Waals surface area contributed by atoms with Crippen LogP contribution in [0.25, 0.3) is 0 Å². The van der Waals surface area contributed by atoms with Crippen LogP contribution >= 0.6 is 0 Å².